The summed E-state index contributed by atoms with van der Waals surface area (Å²) in [6.07, 6.45) is 18.8. The zero-order chi connectivity index (χ0) is 17.2. The Balaban J connectivity index is 1.48. The summed E-state index contributed by atoms with van der Waals surface area (Å²) >= 11 is 0. The fourth-order valence-electron chi connectivity index (χ4n) is 3.09. The van der Waals surface area contributed by atoms with E-state index in [1.54, 1.807) is 6.08 Å². The molecule has 5 unspecified atom stereocenters. The van der Waals surface area contributed by atoms with Crippen LogP contribution in [0.4, 0.5) is 0 Å². The highest BCUT2D eigenvalue weighted by molar-refractivity contribution is 4.94. The highest BCUT2D eigenvalue weighted by Crippen LogP contribution is 2.32. The van der Waals surface area contributed by atoms with Gasteiger partial charge in [0.2, 0.25) is 0 Å². The van der Waals surface area contributed by atoms with Crippen LogP contribution >= 0.6 is 0 Å². The molecule has 4 heteroatoms. The predicted molar refractivity (Wildman–Crippen MR) is 95.8 cm³/mol. The van der Waals surface area contributed by atoms with Crippen molar-refractivity contribution >= 4 is 0 Å². The molecule has 4 nitrogen and oxygen atoms in total. The van der Waals surface area contributed by atoms with Gasteiger partial charge in [0.1, 0.15) is 6.10 Å². The Kier molecular flexibility index (Phi) is 8.75. The van der Waals surface area contributed by atoms with E-state index < -0.39 is 0 Å². The van der Waals surface area contributed by atoms with Crippen LogP contribution in [0, 0.1) is 5.92 Å². The number of rotatable bonds is 14. The third-order valence-electron chi connectivity index (χ3n) is 4.82. The minimum absolute atomic E-state index is 0.0879. The number of hydrogen-bond acceptors (Lipinski definition) is 4. The second kappa shape index (κ2) is 10.8. The van der Waals surface area contributed by atoms with Crippen molar-refractivity contribution in [1.82, 2.24) is 0 Å². The molecule has 2 aliphatic heterocycles. The normalized spacial score (nSPS) is 30.1. The molecule has 0 aromatic carbocycles. The molecule has 0 saturated carbocycles. The average Bonchev–Trinajstić information content (AvgIpc) is 3.50. The van der Waals surface area contributed by atoms with Gasteiger partial charge in [-0.1, -0.05) is 30.4 Å². The van der Waals surface area contributed by atoms with Crippen molar-refractivity contribution < 1.29 is 19.7 Å². The van der Waals surface area contributed by atoms with Gasteiger partial charge in [0.15, 0.2) is 0 Å². The van der Waals surface area contributed by atoms with Gasteiger partial charge >= 0.3 is 0 Å². The number of aliphatic hydroxyl groups excluding tert-OH is 2. The van der Waals surface area contributed by atoms with Crippen LogP contribution in [-0.4, -0.2) is 47.8 Å². The van der Waals surface area contributed by atoms with Crippen molar-refractivity contribution in [3.8, 4) is 0 Å². The molecule has 0 bridgehead atoms. The van der Waals surface area contributed by atoms with Crippen LogP contribution in [0.1, 0.15) is 44.9 Å². The van der Waals surface area contributed by atoms with E-state index in [9.17, 15) is 0 Å². The van der Waals surface area contributed by atoms with Gasteiger partial charge in [0.05, 0.1) is 31.5 Å². The van der Waals surface area contributed by atoms with Crippen LogP contribution in [0.2, 0.25) is 0 Å². The zero-order valence-electron chi connectivity index (χ0n) is 14.6. The molecule has 0 radical (unpaired) electrons. The lowest BCUT2D eigenvalue weighted by atomic mass is 9.97. The fourth-order valence-corrected chi connectivity index (χ4v) is 3.09. The van der Waals surface area contributed by atoms with Gasteiger partial charge in [-0.05, 0) is 50.9 Å². The standard InChI is InChI=1S/C20H32O4/c1-2-16(9-5-3-6-11-18-20(15-22)24-18)12-13-19-17(23-19)10-7-4-8-14-21/h2-5,8,16-22H,1,6-7,9-15H2. The number of ether oxygens (including phenoxy) is 2. The molecule has 136 valence electrons. The molecule has 2 fully saturated rings. The van der Waals surface area contributed by atoms with Crippen molar-refractivity contribution in [2.24, 2.45) is 5.92 Å². The Morgan fingerprint density at radius 3 is 2.08 bits per heavy atom. The maximum Gasteiger partial charge on any atom is 0.107 e. The molecule has 0 spiro atoms. The van der Waals surface area contributed by atoms with Crippen LogP contribution in [0.25, 0.3) is 0 Å². The minimum Gasteiger partial charge on any atom is -0.394 e. The van der Waals surface area contributed by atoms with Gasteiger partial charge in [0, 0.05) is 0 Å². The highest BCUT2D eigenvalue weighted by atomic mass is 16.6. The van der Waals surface area contributed by atoms with E-state index in [1.807, 2.05) is 6.08 Å². The van der Waals surface area contributed by atoms with E-state index in [2.05, 4.69) is 24.8 Å². The van der Waals surface area contributed by atoms with E-state index >= 15 is 0 Å². The molecule has 0 amide bonds. The van der Waals surface area contributed by atoms with Gasteiger partial charge in [-0.25, -0.2) is 0 Å². The molecule has 2 N–H and O–H groups in total. The summed E-state index contributed by atoms with van der Waals surface area (Å²) in [6.45, 7) is 4.22. The number of aliphatic hydroxyl groups is 2. The lowest BCUT2D eigenvalue weighted by Gasteiger charge is -2.08. The average molecular weight is 336 g/mol. The molecule has 2 rings (SSSR count). The van der Waals surface area contributed by atoms with Crippen molar-refractivity contribution in [3.05, 3.63) is 37.0 Å². The Morgan fingerprint density at radius 1 is 0.833 bits per heavy atom. The Hall–Kier alpha value is -0.940. The van der Waals surface area contributed by atoms with Gasteiger partial charge in [0.25, 0.3) is 0 Å². The molecule has 5 atom stereocenters. The maximum atomic E-state index is 8.91. The van der Waals surface area contributed by atoms with Crippen molar-refractivity contribution in [1.29, 1.82) is 0 Å². The molecule has 2 aliphatic rings. The molecule has 0 aromatic heterocycles. The van der Waals surface area contributed by atoms with Crippen LogP contribution in [-0.2, 0) is 9.47 Å². The SMILES string of the molecule is C=CC(CC=CCCC1OC1CO)CCC1OC1CCC=CCO. The van der Waals surface area contributed by atoms with E-state index in [1.165, 1.54) is 0 Å². The quantitative estimate of drug-likeness (QED) is 0.378. The number of epoxide rings is 2. The lowest BCUT2D eigenvalue weighted by molar-refractivity contribution is 0.241. The third kappa shape index (κ3) is 7.31. The lowest BCUT2D eigenvalue weighted by Crippen LogP contribution is -2.00. The first-order chi connectivity index (χ1) is 11.8. The van der Waals surface area contributed by atoms with E-state index in [-0.39, 0.29) is 25.4 Å². The summed E-state index contributed by atoms with van der Waals surface area (Å²) in [6, 6.07) is 0. The predicted octanol–water partition coefficient (Wildman–Crippen LogP) is 3.15. The summed E-state index contributed by atoms with van der Waals surface area (Å²) in [5, 5.41) is 17.6. The van der Waals surface area contributed by atoms with Crippen LogP contribution < -0.4 is 0 Å². The summed E-state index contributed by atoms with van der Waals surface area (Å²) < 4.78 is 11.0. The summed E-state index contributed by atoms with van der Waals surface area (Å²) in [4.78, 5) is 0. The van der Waals surface area contributed by atoms with E-state index in [4.69, 9.17) is 19.7 Å². The molecular weight excluding hydrogens is 304 g/mol. The first-order valence-electron chi connectivity index (χ1n) is 9.23. The maximum absolute atomic E-state index is 8.91. The topological polar surface area (TPSA) is 65.5 Å². The molecule has 2 heterocycles. The zero-order valence-corrected chi connectivity index (χ0v) is 14.6. The van der Waals surface area contributed by atoms with E-state index in [0.29, 0.717) is 18.1 Å². The Labute approximate surface area is 145 Å². The molecule has 0 aromatic rings. The number of hydrogen-bond donors (Lipinski definition) is 2. The summed E-state index contributed by atoms with van der Waals surface area (Å²) in [5.74, 6) is 0.516. The second-order valence-corrected chi connectivity index (χ2v) is 6.70. The van der Waals surface area contributed by atoms with E-state index in [0.717, 1.165) is 44.9 Å². The third-order valence-corrected chi connectivity index (χ3v) is 4.82. The van der Waals surface area contributed by atoms with Gasteiger partial charge in [-0.2, -0.15) is 0 Å². The molecule has 0 aliphatic carbocycles. The first kappa shape index (κ1) is 19.4. The summed E-state index contributed by atoms with van der Waals surface area (Å²) in [5.41, 5.74) is 0. The fraction of sp³-hybridized carbons (Fsp3) is 0.700. The molecule has 24 heavy (non-hydrogen) atoms. The second-order valence-electron chi connectivity index (χ2n) is 6.70. The molecule has 2 saturated heterocycles. The minimum atomic E-state index is 0.0879. The highest BCUT2D eigenvalue weighted by Gasteiger charge is 2.37. The van der Waals surface area contributed by atoms with Gasteiger partial charge in [-0.3, -0.25) is 0 Å². The van der Waals surface area contributed by atoms with Crippen molar-refractivity contribution in [3.63, 3.8) is 0 Å². The van der Waals surface area contributed by atoms with Crippen LogP contribution in [0.15, 0.2) is 37.0 Å². The van der Waals surface area contributed by atoms with Crippen LogP contribution in [0.3, 0.4) is 0 Å². The van der Waals surface area contributed by atoms with Crippen LogP contribution in [0.5, 0.6) is 0 Å². The summed E-state index contributed by atoms with van der Waals surface area (Å²) in [7, 11) is 0. The van der Waals surface area contributed by atoms with Gasteiger partial charge < -0.3 is 19.7 Å². The largest absolute Gasteiger partial charge is 0.394 e. The monoisotopic (exact) mass is 336 g/mol. The smallest absolute Gasteiger partial charge is 0.107 e. The first-order valence-corrected chi connectivity index (χ1v) is 9.23. The molecular formula is C20H32O4. The van der Waals surface area contributed by atoms with Crippen molar-refractivity contribution in [2.45, 2.75) is 69.4 Å². The Bertz CT molecular complexity index is 418. The van der Waals surface area contributed by atoms with Crippen molar-refractivity contribution in [2.75, 3.05) is 13.2 Å². The Morgan fingerprint density at radius 2 is 1.46 bits per heavy atom. The van der Waals surface area contributed by atoms with Gasteiger partial charge in [-0.15, -0.1) is 6.58 Å². The number of allylic oxidation sites excluding steroid dienone is 4.